The van der Waals surface area contributed by atoms with E-state index in [1.54, 1.807) is 34.7 Å². The number of aryl methyl sites for hydroxylation is 1. The van der Waals surface area contributed by atoms with Crippen LogP contribution in [-0.2, 0) is 0 Å². The average molecular weight is 240 g/mol. The average Bonchev–Trinajstić information content (AvgIpc) is 2.13. The lowest BCUT2D eigenvalue weighted by molar-refractivity contribution is -0.387. The van der Waals surface area contributed by atoms with E-state index in [4.69, 9.17) is 4.74 Å². The van der Waals surface area contributed by atoms with Crippen LogP contribution in [0.3, 0.4) is 0 Å². The van der Waals surface area contributed by atoms with Crippen molar-refractivity contribution in [1.29, 1.82) is 0 Å². The maximum atomic E-state index is 11.0. The van der Waals surface area contributed by atoms with E-state index in [1.165, 1.54) is 0 Å². The number of hydrogen-bond donors (Lipinski definition) is 1. The number of aromatic nitrogens is 2. The summed E-state index contributed by atoms with van der Waals surface area (Å²) in [5.74, 6) is 0.284. The summed E-state index contributed by atoms with van der Waals surface area (Å²) in [7, 11) is 1.64. The molecule has 94 valence electrons. The third kappa shape index (κ3) is 3.27. The van der Waals surface area contributed by atoms with Gasteiger partial charge >= 0.3 is 5.69 Å². The summed E-state index contributed by atoms with van der Waals surface area (Å²) < 4.78 is 5.48. The Morgan fingerprint density at radius 2 is 1.94 bits per heavy atom. The van der Waals surface area contributed by atoms with Gasteiger partial charge in [0.15, 0.2) is 0 Å². The van der Waals surface area contributed by atoms with Crippen molar-refractivity contribution in [3.63, 3.8) is 0 Å². The van der Waals surface area contributed by atoms with E-state index in [9.17, 15) is 10.1 Å². The third-order valence-corrected chi connectivity index (χ3v) is 1.84. The summed E-state index contributed by atoms with van der Waals surface area (Å²) in [6.45, 7) is 6.95. The Morgan fingerprint density at radius 1 is 1.35 bits per heavy atom. The maximum Gasteiger partial charge on any atom is 0.352 e. The molecular weight excluding hydrogens is 224 g/mol. The minimum absolute atomic E-state index is 0.0145. The molecule has 0 atom stereocenters. The van der Waals surface area contributed by atoms with Gasteiger partial charge in [0, 0.05) is 7.05 Å². The van der Waals surface area contributed by atoms with E-state index >= 15 is 0 Å². The zero-order valence-electron chi connectivity index (χ0n) is 10.6. The lowest BCUT2D eigenvalue weighted by Crippen LogP contribution is -2.24. The second-order valence-corrected chi connectivity index (χ2v) is 4.51. The number of ether oxygens (including phenoxy) is 1. The highest BCUT2D eigenvalue weighted by molar-refractivity contribution is 5.48. The van der Waals surface area contributed by atoms with E-state index in [0.29, 0.717) is 5.95 Å². The molecule has 0 amide bonds. The zero-order chi connectivity index (χ0) is 13.2. The summed E-state index contributed by atoms with van der Waals surface area (Å²) in [5.41, 5.74) is -0.483. The molecule has 0 unspecified atom stereocenters. The van der Waals surface area contributed by atoms with Gasteiger partial charge in [-0.05, 0) is 27.7 Å². The molecule has 0 spiro atoms. The smallest absolute Gasteiger partial charge is 0.352 e. The first kappa shape index (κ1) is 13.1. The highest BCUT2D eigenvalue weighted by Crippen LogP contribution is 2.31. The molecule has 0 aliphatic heterocycles. The van der Waals surface area contributed by atoms with Crippen LogP contribution in [0.4, 0.5) is 11.6 Å². The first-order valence-electron chi connectivity index (χ1n) is 5.14. The van der Waals surface area contributed by atoms with Crippen molar-refractivity contribution in [2.45, 2.75) is 33.3 Å². The van der Waals surface area contributed by atoms with Gasteiger partial charge < -0.3 is 10.1 Å². The SMILES string of the molecule is CNc1nc(C)c([N+](=O)[O-])c(OC(C)(C)C)n1. The Hall–Kier alpha value is -1.92. The predicted octanol–water partition coefficient (Wildman–Crippen LogP) is 1.91. The van der Waals surface area contributed by atoms with Crippen LogP contribution in [0.5, 0.6) is 5.88 Å². The van der Waals surface area contributed by atoms with Gasteiger partial charge in [0.1, 0.15) is 11.3 Å². The monoisotopic (exact) mass is 240 g/mol. The van der Waals surface area contributed by atoms with Gasteiger partial charge in [-0.1, -0.05) is 0 Å². The molecule has 0 saturated heterocycles. The highest BCUT2D eigenvalue weighted by atomic mass is 16.6. The van der Waals surface area contributed by atoms with Crippen LogP contribution >= 0.6 is 0 Å². The van der Waals surface area contributed by atoms with Crippen LogP contribution in [0.15, 0.2) is 0 Å². The number of hydrogen-bond acceptors (Lipinski definition) is 6. The Labute approximate surface area is 99.4 Å². The first-order chi connectivity index (χ1) is 7.74. The standard InChI is InChI=1S/C10H16N4O3/c1-6-7(14(15)16)8(17-10(2,3)4)13-9(11-5)12-6/h1-5H3,(H,11,12,13). The molecule has 0 bridgehead atoms. The second kappa shape index (κ2) is 4.52. The first-order valence-corrected chi connectivity index (χ1v) is 5.14. The summed E-state index contributed by atoms with van der Waals surface area (Å²) in [6, 6.07) is 0. The molecule has 1 N–H and O–H groups in total. The van der Waals surface area contributed by atoms with Crippen LogP contribution in [-0.4, -0.2) is 27.5 Å². The Morgan fingerprint density at radius 3 is 2.35 bits per heavy atom. The molecule has 17 heavy (non-hydrogen) atoms. The molecule has 1 heterocycles. The predicted molar refractivity (Wildman–Crippen MR) is 63.4 cm³/mol. The molecule has 1 aromatic heterocycles. The van der Waals surface area contributed by atoms with Gasteiger partial charge in [0.25, 0.3) is 5.88 Å². The van der Waals surface area contributed by atoms with Crippen molar-refractivity contribution in [2.24, 2.45) is 0 Å². The zero-order valence-corrected chi connectivity index (χ0v) is 10.6. The van der Waals surface area contributed by atoms with E-state index in [-0.39, 0.29) is 17.3 Å². The van der Waals surface area contributed by atoms with Gasteiger partial charge in [0.05, 0.1) is 4.92 Å². The molecule has 7 heteroatoms. The maximum absolute atomic E-state index is 11.0. The topological polar surface area (TPSA) is 90.2 Å². The fourth-order valence-electron chi connectivity index (χ4n) is 1.22. The number of nitrogens with zero attached hydrogens (tertiary/aromatic N) is 3. The normalized spacial score (nSPS) is 11.1. The number of anilines is 1. The van der Waals surface area contributed by atoms with Crippen molar-refractivity contribution in [3.8, 4) is 5.88 Å². The van der Waals surface area contributed by atoms with Crippen molar-refractivity contribution >= 4 is 11.6 Å². The lowest BCUT2D eigenvalue weighted by atomic mass is 10.2. The number of nitrogens with one attached hydrogen (secondary N) is 1. The van der Waals surface area contributed by atoms with Gasteiger partial charge in [-0.3, -0.25) is 10.1 Å². The molecule has 1 aromatic rings. The Bertz CT molecular complexity index is 440. The molecule has 0 radical (unpaired) electrons. The Balaban J connectivity index is 3.32. The van der Waals surface area contributed by atoms with E-state index in [0.717, 1.165) is 0 Å². The Kier molecular flexibility index (Phi) is 3.50. The molecule has 0 aliphatic carbocycles. The van der Waals surface area contributed by atoms with Crippen LogP contribution in [0.2, 0.25) is 0 Å². The third-order valence-electron chi connectivity index (χ3n) is 1.84. The summed E-state index contributed by atoms with van der Waals surface area (Å²) >= 11 is 0. The van der Waals surface area contributed by atoms with Crippen molar-refractivity contribution in [2.75, 3.05) is 12.4 Å². The van der Waals surface area contributed by atoms with E-state index in [2.05, 4.69) is 15.3 Å². The fraction of sp³-hybridized carbons (Fsp3) is 0.600. The van der Waals surface area contributed by atoms with Gasteiger partial charge in [-0.15, -0.1) is 0 Å². The minimum Gasteiger partial charge on any atom is -0.467 e. The van der Waals surface area contributed by atoms with Gasteiger partial charge in [0.2, 0.25) is 5.95 Å². The summed E-state index contributed by atoms with van der Waals surface area (Å²) in [4.78, 5) is 18.4. The van der Waals surface area contributed by atoms with Crippen LogP contribution in [0.1, 0.15) is 26.5 Å². The van der Waals surface area contributed by atoms with E-state index < -0.39 is 10.5 Å². The molecule has 7 nitrogen and oxygen atoms in total. The number of rotatable bonds is 3. The van der Waals surface area contributed by atoms with Crippen LogP contribution in [0.25, 0.3) is 0 Å². The molecule has 1 rings (SSSR count). The van der Waals surface area contributed by atoms with Crippen molar-refractivity contribution in [3.05, 3.63) is 15.8 Å². The largest absolute Gasteiger partial charge is 0.467 e. The minimum atomic E-state index is -0.559. The number of nitro groups is 1. The summed E-state index contributed by atoms with van der Waals surface area (Å²) in [5, 5.41) is 13.7. The molecule has 0 fully saturated rings. The quantitative estimate of drug-likeness (QED) is 0.641. The molecular formula is C10H16N4O3. The lowest BCUT2D eigenvalue weighted by Gasteiger charge is -2.20. The second-order valence-electron chi connectivity index (χ2n) is 4.51. The van der Waals surface area contributed by atoms with Gasteiger partial charge in [-0.2, -0.15) is 4.98 Å². The molecule has 0 saturated carbocycles. The van der Waals surface area contributed by atoms with E-state index in [1.807, 2.05) is 0 Å². The van der Waals surface area contributed by atoms with Crippen molar-refractivity contribution < 1.29 is 9.66 Å². The van der Waals surface area contributed by atoms with Crippen LogP contribution in [0, 0.1) is 17.0 Å². The van der Waals surface area contributed by atoms with Gasteiger partial charge in [-0.25, -0.2) is 4.98 Å². The van der Waals surface area contributed by atoms with Crippen molar-refractivity contribution in [1.82, 2.24) is 9.97 Å². The molecule has 0 aromatic carbocycles. The fourth-order valence-corrected chi connectivity index (χ4v) is 1.22. The molecule has 0 aliphatic rings. The van der Waals surface area contributed by atoms with Crippen LogP contribution < -0.4 is 10.1 Å². The highest BCUT2D eigenvalue weighted by Gasteiger charge is 2.27. The summed E-state index contributed by atoms with van der Waals surface area (Å²) in [6.07, 6.45) is 0.